The molecule has 0 fully saturated rings. The molecule has 6 nitrogen and oxygen atoms in total. The number of nitrogens with zero attached hydrogens (tertiary/aromatic N) is 2. The molecule has 125 valence electrons. The largest absolute Gasteiger partial charge is 0.480 e. The molecule has 0 spiro atoms. The number of pyridine rings is 2. The Morgan fingerprint density at radius 2 is 1.78 bits per heavy atom. The molecular weight excluding hydrogens is 346 g/mol. The Labute approximate surface area is 143 Å². The van der Waals surface area contributed by atoms with Crippen molar-refractivity contribution >= 4 is 27.8 Å². The van der Waals surface area contributed by atoms with Gasteiger partial charge in [-0.05, 0) is 31.2 Å². The normalized spacial score (nSPS) is 12.7. The first-order valence-corrected chi connectivity index (χ1v) is 6.75. The second-order valence-corrected chi connectivity index (χ2v) is 4.82. The van der Waals surface area contributed by atoms with Crippen molar-refractivity contribution in [1.82, 2.24) is 9.97 Å². The van der Waals surface area contributed by atoms with Gasteiger partial charge in [0.15, 0.2) is 0 Å². The van der Waals surface area contributed by atoms with Crippen LogP contribution in [0.2, 0.25) is 0 Å². The zero-order valence-corrected chi connectivity index (χ0v) is 13.3. The summed E-state index contributed by atoms with van der Waals surface area (Å²) >= 11 is 0. The van der Waals surface area contributed by atoms with E-state index in [0.717, 1.165) is 21.8 Å². The van der Waals surface area contributed by atoms with Gasteiger partial charge in [-0.1, -0.05) is 12.1 Å². The molecule has 0 saturated carbocycles. The minimum absolute atomic E-state index is 0. The van der Waals surface area contributed by atoms with Crippen LogP contribution >= 0.6 is 0 Å². The number of aliphatic hydroxyl groups is 1. The van der Waals surface area contributed by atoms with E-state index in [2.05, 4.69) is 28.2 Å². The Morgan fingerprint density at radius 3 is 2.39 bits per heavy atom. The average Bonchev–Trinajstić information content (AvgIpc) is 2.54. The average molecular weight is 363 g/mol. The smallest absolute Gasteiger partial charge is 0.323 e. The van der Waals surface area contributed by atoms with Gasteiger partial charge in [-0.3, -0.25) is 14.8 Å². The van der Waals surface area contributed by atoms with Gasteiger partial charge >= 0.3 is 5.97 Å². The Morgan fingerprint density at radius 1 is 1.13 bits per heavy atom. The first-order valence-electron chi connectivity index (χ1n) is 6.75. The third kappa shape index (κ3) is 4.71. The summed E-state index contributed by atoms with van der Waals surface area (Å²) in [6.45, 7) is 1.33. The van der Waals surface area contributed by atoms with E-state index in [1.165, 1.54) is 6.92 Å². The molecule has 0 saturated heterocycles. The zero-order chi connectivity index (χ0) is 16.1. The number of nitrogens with two attached hydrogens (primary N) is 1. The first kappa shape index (κ1) is 19.0. The van der Waals surface area contributed by atoms with Crippen molar-refractivity contribution in [2.45, 2.75) is 19.1 Å². The van der Waals surface area contributed by atoms with E-state index >= 15 is 0 Å². The maximum absolute atomic E-state index is 9.86. The number of fused-ring (bicyclic) bond motifs is 3. The van der Waals surface area contributed by atoms with Crippen LogP contribution in [0.5, 0.6) is 0 Å². The molecule has 0 bridgehead atoms. The number of aromatic nitrogens is 2. The van der Waals surface area contributed by atoms with Crippen LogP contribution < -0.4 is 5.73 Å². The molecule has 1 aromatic carbocycles. The van der Waals surface area contributed by atoms with Crippen molar-refractivity contribution in [3.63, 3.8) is 0 Å². The molecule has 23 heavy (non-hydrogen) atoms. The second kappa shape index (κ2) is 8.55. The van der Waals surface area contributed by atoms with E-state index in [4.69, 9.17) is 15.9 Å². The predicted octanol–water partition coefficient (Wildman–Crippen LogP) is 1.56. The Hall–Kier alpha value is -2.05. The fraction of sp³-hybridized carbons (Fsp3) is 0.188. The molecule has 0 aliphatic carbocycles. The van der Waals surface area contributed by atoms with Crippen LogP contribution in [0, 0.1) is 0 Å². The number of rotatable bonds is 2. The Bertz CT molecular complexity index is 741. The van der Waals surface area contributed by atoms with Gasteiger partial charge in [-0.25, -0.2) is 0 Å². The van der Waals surface area contributed by atoms with Crippen LogP contribution in [0.15, 0.2) is 48.8 Å². The zero-order valence-electron chi connectivity index (χ0n) is 12.3. The number of carboxylic acids is 1. The minimum Gasteiger partial charge on any atom is -0.480 e. The topological polar surface area (TPSA) is 109 Å². The van der Waals surface area contributed by atoms with Crippen LogP contribution in [-0.2, 0) is 21.9 Å². The summed E-state index contributed by atoms with van der Waals surface area (Å²) in [7, 11) is 0. The molecule has 0 aliphatic rings. The van der Waals surface area contributed by atoms with E-state index in [9.17, 15) is 4.79 Å². The van der Waals surface area contributed by atoms with Gasteiger partial charge in [0, 0.05) is 40.2 Å². The number of hydrogen-bond donors (Lipinski definition) is 3. The van der Waals surface area contributed by atoms with Crippen molar-refractivity contribution in [3.05, 3.63) is 48.8 Å². The standard InChI is InChI=1S/C12H8N2.C4H9NO3.Cu/c1-3-9-5-6-11-10(4-2-7-13-11)12(9)14-8-1;1-2(6)3(5)4(7)8;/h1-8H;2-3,6H,5H2,1H3,(H,7,8);. The van der Waals surface area contributed by atoms with E-state index < -0.39 is 18.1 Å². The second-order valence-electron chi connectivity index (χ2n) is 4.82. The molecular formula is C16H17CuN3O3. The summed E-state index contributed by atoms with van der Waals surface area (Å²) in [4.78, 5) is 18.5. The third-order valence-electron chi connectivity index (χ3n) is 3.16. The van der Waals surface area contributed by atoms with Crippen molar-refractivity contribution in [1.29, 1.82) is 0 Å². The fourth-order valence-corrected chi connectivity index (χ4v) is 1.90. The number of carbonyl (C=O) groups is 1. The molecule has 2 unspecified atom stereocenters. The Kier molecular flexibility index (Phi) is 7.06. The van der Waals surface area contributed by atoms with Crippen molar-refractivity contribution in [2.75, 3.05) is 0 Å². The number of carboxylic acid groups (broad SMARTS) is 1. The summed E-state index contributed by atoms with van der Waals surface area (Å²) in [5.41, 5.74) is 6.93. The first-order chi connectivity index (χ1) is 10.5. The van der Waals surface area contributed by atoms with Gasteiger partial charge in [-0.2, -0.15) is 0 Å². The van der Waals surface area contributed by atoms with Crippen molar-refractivity contribution in [3.8, 4) is 0 Å². The molecule has 0 amide bonds. The van der Waals surface area contributed by atoms with Gasteiger partial charge in [0.05, 0.1) is 17.1 Å². The molecule has 2 atom stereocenters. The number of aliphatic hydroxyl groups excluding tert-OH is 1. The summed E-state index contributed by atoms with van der Waals surface area (Å²) in [6, 6.07) is 10.9. The van der Waals surface area contributed by atoms with Crippen LogP contribution in [-0.4, -0.2) is 38.3 Å². The van der Waals surface area contributed by atoms with Crippen molar-refractivity contribution < 1.29 is 32.1 Å². The van der Waals surface area contributed by atoms with Gasteiger partial charge in [0.2, 0.25) is 0 Å². The van der Waals surface area contributed by atoms with Gasteiger partial charge < -0.3 is 15.9 Å². The SMILES string of the molecule is CC(O)C(N)C(=O)O.[Cu].c1cnc2c(c1)ccc1ncccc12. The molecule has 2 aromatic heterocycles. The molecule has 4 N–H and O–H groups in total. The molecule has 3 rings (SSSR count). The van der Waals surface area contributed by atoms with Crippen LogP contribution in [0.25, 0.3) is 21.8 Å². The monoisotopic (exact) mass is 362 g/mol. The van der Waals surface area contributed by atoms with E-state index in [1.807, 2.05) is 24.4 Å². The van der Waals surface area contributed by atoms with E-state index in [-0.39, 0.29) is 17.1 Å². The number of hydrogen-bond acceptors (Lipinski definition) is 5. The fourth-order valence-electron chi connectivity index (χ4n) is 1.90. The predicted molar refractivity (Wildman–Crippen MR) is 84.3 cm³/mol. The maximum atomic E-state index is 9.86. The van der Waals surface area contributed by atoms with Gasteiger partial charge in [0.25, 0.3) is 0 Å². The maximum Gasteiger partial charge on any atom is 0.323 e. The number of benzene rings is 1. The third-order valence-corrected chi connectivity index (χ3v) is 3.16. The Balaban J connectivity index is 0.000000258. The molecule has 0 aliphatic heterocycles. The number of aliphatic carboxylic acids is 1. The van der Waals surface area contributed by atoms with Gasteiger partial charge in [0.1, 0.15) is 6.04 Å². The summed E-state index contributed by atoms with van der Waals surface area (Å²) in [5, 5.41) is 18.8. The summed E-state index contributed by atoms with van der Waals surface area (Å²) < 4.78 is 0. The van der Waals surface area contributed by atoms with Crippen molar-refractivity contribution in [2.24, 2.45) is 5.73 Å². The molecule has 3 aromatic rings. The van der Waals surface area contributed by atoms with Crippen LogP contribution in [0.4, 0.5) is 0 Å². The van der Waals surface area contributed by atoms with Crippen LogP contribution in [0.1, 0.15) is 6.92 Å². The summed E-state index contributed by atoms with van der Waals surface area (Å²) in [6.07, 6.45) is 2.64. The molecule has 7 heteroatoms. The molecule has 2 heterocycles. The summed E-state index contributed by atoms with van der Waals surface area (Å²) in [5.74, 6) is -1.18. The quantitative estimate of drug-likeness (QED) is 0.471. The van der Waals surface area contributed by atoms with Crippen LogP contribution in [0.3, 0.4) is 0 Å². The minimum atomic E-state index is -1.18. The molecule has 1 radical (unpaired) electrons. The van der Waals surface area contributed by atoms with E-state index in [1.54, 1.807) is 6.20 Å². The van der Waals surface area contributed by atoms with E-state index in [0.29, 0.717) is 0 Å². The van der Waals surface area contributed by atoms with Gasteiger partial charge in [-0.15, -0.1) is 0 Å².